The van der Waals surface area contributed by atoms with Crippen molar-refractivity contribution >= 4 is 48.8 Å². The van der Waals surface area contributed by atoms with Crippen LogP contribution in [0.15, 0.2) is 43.6 Å². The molecular formula is C13H19N5O7S2. The van der Waals surface area contributed by atoms with Gasteiger partial charge in [-0.2, -0.15) is 28.9 Å². The summed E-state index contributed by atoms with van der Waals surface area (Å²) < 4.78 is 54.4. The summed E-state index contributed by atoms with van der Waals surface area (Å²) in [5, 5.41) is 25.6. The van der Waals surface area contributed by atoms with Crippen molar-refractivity contribution in [2.45, 2.75) is 4.90 Å². The number of nitrogens with two attached hydrogens (primary N) is 1. The summed E-state index contributed by atoms with van der Waals surface area (Å²) in [4.78, 5) is -0.340. The van der Waals surface area contributed by atoms with Gasteiger partial charge in [0.15, 0.2) is 5.75 Å². The maximum atomic E-state index is 10.4. The molecule has 0 amide bonds. The molecule has 2 rings (SSSR count). The van der Waals surface area contributed by atoms with Gasteiger partial charge in [-0.15, -0.1) is 0 Å². The van der Waals surface area contributed by atoms with E-state index >= 15 is 0 Å². The average molecular weight is 421 g/mol. The van der Waals surface area contributed by atoms with Crippen molar-refractivity contribution in [3.8, 4) is 5.75 Å². The maximum absolute atomic E-state index is 10.4. The molecule has 2 aromatic carbocycles. The molecule has 0 unspecified atom stereocenters. The fourth-order valence-corrected chi connectivity index (χ4v) is 2.74. The van der Waals surface area contributed by atoms with Crippen molar-refractivity contribution in [2.24, 2.45) is 20.5 Å². The Labute approximate surface area is 156 Å². The first-order valence-electron chi connectivity index (χ1n) is 6.92. The lowest BCUT2D eigenvalue weighted by atomic mass is 10.1. The monoisotopic (exact) mass is 421 g/mol. The molecule has 0 aliphatic rings. The van der Waals surface area contributed by atoms with E-state index in [0.717, 1.165) is 0 Å². The number of benzene rings is 2. The number of hydrogen-bond donors (Lipinski definition) is 6. The number of phenolic OH excluding ortho intramolecular Hbond substituents is 1. The molecule has 0 bridgehead atoms. The van der Waals surface area contributed by atoms with E-state index in [9.17, 15) is 27.2 Å². The SMILES string of the molecule is CN=Nc1ccc2cc(S(O)(O)O)c(N=NC)c(O)c2c1N.CS(=O)(=O)O. The summed E-state index contributed by atoms with van der Waals surface area (Å²) in [7, 11) is -4.95. The van der Waals surface area contributed by atoms with E-state index < -0.39 is 26.7 Å². The highest BCUT2D eigenvalue weighted by Gasteiger charge is 2.26. The Kier molecular flexibility index (Phi) is 7.18. The second-order valence-corrected chi connectivity index (χ2v) is 7.96. The van der Waals surface area contributed by atoms with Gasteiger partial charge in [-0.1, -0.05) is 6.07 Å². The molecule has 0 aliphatic carbocycles. The number of phenols is 1. The Hall–Kier alpha value is -2.36. The lowest BCUT2D eigenvalue weighted by Gasteiger charge is -2.22. The molecule has 7 N–H and O–H groups in total. The number of anilines is 1. The van der Waals surface area contributed by atoms with Gasteiger partial charge in [-0.05, 0) is 17.5 Å². The highest BCUT2D eigenvalue weighted by atomic mass is 32.3. The zero-order valence-electron chi connectivity index (χ0n) is 14.5. The van der Waals surface area contributed by atoms with Crippen LogP contribution < -0.4 is 5.73 Å². The van der Waals surface area contributed by atoms with E-state index in [1.165, 1.54) is 20.2 Å². The van der Waals surface area contributed by atoms with Gasteiger partial charge in [0.2, 0.25) is 0 Å². The highest BCUT2D eigenvalue weighted by molar-refractivity contribution is 8.19. The lowest BCUT2D eigenvalue weighted by Crippen LogP contribution is -1.98. The Morgan fingerprint density at radius 3 is 1.96 bits per heavy atom. The standard InChI is InChI=1S/C12H15N5O4S.CH4O3S/c1-14-16-7-4-3-6-5-8(22(19,20)21)11(17-15-2)12(18)9(6)10(7)13;1-5(2,3)4/h3-5,18-21H,13H2,1-2H3;1H3,(H,2,3,4). The van der Waals surface area contributed by atoms with Crippen LogP contribution in [0.5, 0.6) is 5.75 Å². The molecule has 14 heteroatoms. The van der Waals surface area contributed by atoms with Gasteiger partial charge in [0.05, 0.1) is 22.2 Å². The van der Waals surface area contributed by atoms with Crippen LogP contribution in [-0.4, -0.2) is 52.1 Å². The molecular weight excluding hydrogens is 402 g/mol. The molecule has 0 saturated heterocycles. The molecule has 12 nitrogen and oxygen atoms in total. The average Bonchev–Trinajstić information content (AvgIpc) is 2.50. The first kappa shape index (κ1) is 22.7. The van der Waals surface area contributed by atoms with Gasteiger partial charge in [-0.25, -0.2) is 0 Å². The van der Waals surface area contributed by atoms with Crippen LogP contribution in [0.25, 0.3) is 10.8 Å². The van der Waals surface area contributed by atoms with E-state index in [1.807, 2.05) is 0 Å². The summed E-state index contributed by atoms with van der Waals surface area (Å²) in [6.07, 6.45) is 0.715. The van der Waals surface area contributed by atoms with Gasteiger partial charge < -0.3 is 24.5 Å². The fourth-order valence-electron chi connectivity index (χ4n) is 2.05. The van der Waals surface area contributed by atoms with Gasteiger partial charge >= 0.3 is 0 Å². The lowest BCUT2D eigenvalue weighted by molar-refractivity contribution is 0.375. The Bertz CT molecular complexity index is 993. The molecule has 0 heterocycles. The van der Waals surface area contributed by atoms with Crippen molar-refractivity contribution in [1.29, 1.82) is 0 Å². The van der Waals surface area contributed by atoms with Crippen molar-refractivity contribution in [1.82, 2.24) is 0 Å². The molecule has 0 radical (unpaired) electrons. The quantitative estimate of drug-likeness (QED) is 0.244. The molecule has 2 aromatic rings. The number of azo groups is 2. The predicted octanol–water partition coefficient (Wildman–Crippen LogP) is 3.64. The molecule has 0 atom stereocenters. The van der Waals surface area contributed by atoms with Crippen molar-refractivity contribution in [3.05, 3.63) is 18.2 Å². The summed E-state index contributed by atoms with van der Waals surface area (Å²) in [5.41, 5.74) is 6.18. The van der Waals surface area contributed by atoms with Crippen LogP contribution in [0, 0.1) is 0 Å². The normalized spacial score (nSPS) is 13.1. The molecule has 0 aliphatic heterocycles. The minimum atomic E-state index is -4.10. The highest BCUT2D eigenvalue weighted by Crippen LogP contribution is 2.55. The van der Waals surface area contributed by atoms with Crippen LogP contribution in [0.3, 0.4) is 0 Å². The summed E-state index contributed by atoms with van der Waals surface area (Å²) >= 11 is 0. The number of hydrogen-bond acceptors (Lipinski definition) is 11. The molecule has 0 spiro atoms. The molecule has 0 aromatic heterocycles. The zero-order chi connectivity index (χ0) is 21.0. The van der Waals surface area contributed by atoms with E-state index in [4.69, 9.17) is 10.3 Å². The minimum Gasteiger partial charge on any atom is -0.505 e. The molecule has 150 valence electrons. The van der Waals surface area contributed by atoms with Crippen LogP contribution in [0.4, 0.5) is 17.1 Å². The predicted molar refractivity (Wildman–Crippen MR) is 102 cm³/mol. The molecule has 27 heavy (non-hydrogen) atoms. The van der Waals surface area contributed by atoms with Crippen molar-refractivity contribution < 1.29 is 31.7 Å². The van der Waals surface area contributed by atoms with Crippen LogP contribution >= 0.6 is 10.9 Å². The summed E-state index contributed by atoms with van der Waals surface area (Å²) in [5.74, 6) is -0.433. The fraction of sp³-hybridized carbons (Fsp3) is 0.231. The van der Waals surface area contributed by atoms with Crippen LogP contribution in [0.2, 0.25) is 0 Å². The smallest absolute Gasteiger partial charge is 0.261 e. The van der Waals surface area contributed by atoms with E-state index in [0.29, 0.717) is 17.3 Å². The largest absolute Gasteiger partial charge is 0.505 e. The summed E-state index contributed by atoms with van der Waals surface area (Å²) in [6.45, 7) is 0. The minimum absolute atomic E-state index is 0.147. The number of fused-ring (bicyclic) bond motifs is 1. The third-order valence-electron chi connectivity index (χ3n) is 2.94. The Morgan fingerprint density at radius 1 is 1.00 bits per heavy atom. The van der Waals surface area contributed by atoms with E-state index in [-0.39, 0.29) is 21.7 Å². The number of nitrogen functional groups attached to an aromatic ring is 1. The van der Waals surface area contributed by atoms with Crippen LogP contribution in [-0.2, 0) is 10.1 Å². The van der Waals surface area contributed by atoms with Gasteiger partial charge in [0, 0.05) is 14.1 Å². The van der Waals surface area contributed by atoms with Gasteiger partial charge in [-0.3, -0.25) is 4.55 Å². The van der Waals surface area contributed by atoms with Crippen LogP contribution in [0.1, 0.15) is 0 Å². The first-order valence-corrected chi connectivity index (χ1v) is 10.3. The zero-order valence-corrected chi connectivity index (χ0v) is 16.1. The van der Waals surface area contributed by atoms with E-state index in [2.05, 4.69) is 20.5 Å². The second-order valence-electron chi connectivity index (χ2n) is 5.02. The van der Waals surface area contributed by atoms with Crippen molar-refractivity contribution in [3.63, 3.8) is 0 Å². The van der Waals surface area contributed by atoms with Gasteiger partial charge in [0.25, 0.3) is 10.1 Å². The Balaban J connectivity index is 0.000000646. The molecule has 0 saturated carbocycles. The number of aromatic hydroxyl groups is 1. The summed E-state index contributed by atoms with van der Waals surface area (Å²) in [6, 6.07) is 4.38. The van der Waals surface area contributed by atoms with E-state index in [1.54, 1.807) is 12.1 Å². The Morgan fingerprint density at radius 2 is 1.52 bits per heavy atom. The second kappa shape index (κ2) is 8.55. The number of rotatable bonds is 3. The maximum Gasteiger partial charge on any atom is 0.261 e. The van der Waals surface area contributed by atoms with Gasteiger partial charge in [0.1, 0.15) is 22.2 Å². The third kappa shape index (κ3) is 6.09. The number of nitrogens with zero attached hydrogens (tertiary/aromatic N) is 4. The molecule has 0 fully saturated rings. The first-order chi connectivity index (χ1) is 12.3. The van der Waals surface area contributed by atoms with Crippen molar-refractivity contribution in [2.75, 3.05) is 26.1 Å². The topological polar surface area (TPSA) is 211 Å². The third-order valence-corrected chi connectivity index (χ3v) is 3.84.